The van der Waals surface area contributed by atoms with Gasteiger partial charge in [0, 0.05) is 13.1 Å². The standard InChI is InChI=1S/C17H27N3O3S/c1-3-20-12-4-10-17(2,13-20)16(21)19-11-9-14-5-7-15(8-6-14)24(18,22)23/h5-8H,3-4,9-13H2,1-2H3,(H,19,21)(H2,18,22,23)/t17-/m1/s1. The van der Waals surface area contributed by atoms with Crippen molar-refractivity contribution in [1.29, 1.82) is 0 Å². The summed E-state index contributed by atoms with van der Waals surface area (Å²) >= 11 is 0. The van der Waals surface area contributed by atoms with Gasteiger partial charge in [0.05, 0.1) is 10.3 Å². The van der Waals surface area contributed by atoms with E-state index in [-0.39, 0.29) is 16.2 Å². The Kier molecular flexibility index (Phi) is 6.01. The highest BCUT2D eigenvalue weighted by Crippen LogP contribution is 2.29. The molecule has 3 N–H and O–H groups in total. The fourth-order valence-corrected chi connectivity index (χ4v) is 3.69. The Bertz CT molecular complexity index is 673. The third kappa shape index (κ3) is 4.78. The van der Waals surface area contributed by atoms with E-state index in [2.05, 4.69) is 17.1 Å². The molecule has 0 spiro atoms. The number of piperidine rings is 1. The zero-order valence-corrected chi connectivity index (χ0v) is 15.2. The lowest BCUT2D eigenvalue weighted by molar-refractivity contribution is -0.133. The van der Waals surface area contributed by atoms with Crippen molar-refractivity contribution in [2.45, 2.75) is 38.0 Å². The van der Waals surface area contributed by atoms with E-state index in [9.17, 15) is 13.2 Å². The number of hydrogen-bond donors (Lipinski definition) is 2. The van der Waals surface area contributed by atoms with Gasteiger partial charge in [0.2, 0.25) is 15.9 Å². The van der Waals surface area contributed by atoms with E-state index in [1.54, 1.807) is 12.1 Å². The third-order valence-corrected chi connectivity index (χ3v) is 5.65. The van der Waals surface area contributed by atoms with Crippen LogP contribution in [0.4, 0.5) is 0 Å². The van der Waals surface area contributed by atoms with Crippen molar-refractivity contribution in [3.05, 3.63) is 29.8 Å². The molecule has 2 rings (SSSR count). The van der Waals surface area contributed by atoms with Gasteiger partial charge in [0.15, 0.2) is 0 Å². The first-order valence-electron chi connectivity index (χ1n) is 8.37. The topological polar surface area (TPSA) is 92.5 Å². The first-order chi connectivity index (χ1) is 11.2. The van der Waals surface area contributed by atoms with Crippen LogP contribution in [0.1, 0.15) is 32.3 Å². The molecule has 1 saturated heterocycles. The number of carbonyl (C=O) groups excluding carboxylic acids is 1. The van der Waals surface area contributed by atoms with Crippen LogP contribution in [0, 0.1) is 5.41 Å². The summed E-state index contributed by atoms with van der Waals surface area (Å²) in [5, 5.41) is 8.10. The summed E-state index contributed by atoms with van der Waals surface area (Å²) in [5.74, 6) is 0.0989. The molecule has 0 bridgehead atoms. The van der Waals surface area contributed by atoms with Gasteiger partial charge in [-0.3, -0.25) is 4.79 Å². The Morgan fingerprint density at radius 3 is 2.58 bits per heavy atom. The molecule has 0 aliphatic carbocycles. The van der Waals surface area contributed by atoms with Crippen LogP contribution in [-0.4, -0.2) is 45.4 Å². The Hall–Kier alpha value is -1.44. The number of primary sulfonamides is 1. The van der Waals surface area contributed by atoms with Gasteiger partial charge in [-0.05, 0) is 57.0 Å². The molecule has 1 fully saturated rings. The van der Waals surface area contributed by atoms with Gasteiger partial charge in [0.25, 0.3) is 0 Å². The number of likely N-dealkylation sites (tertiary alicyclic amines) is 1. The van der Waals surface area contributed by atoms with Crippen molar-refractivity contribution < 1.29 is 13.2 Å². The molecule has 1 aromatic rings. The molecule has 1 aromatic carbocycles. The average molecular weight is 353 g/mol. The molecule has 7 heteroatoms. The fraction of sp³-hybridized carbons (Fsp3) is 0.588. The van der Waals surface area contributed by atoms with Gasteiger partial charge in [0.1, 0.15) is 0 Å². The number of sulfonamides is 1. The van der Waals surface area contributed by atoms with E-state index in [0.29, 0.717) is 13.0 Å². The predicted molar refractivity (Wildman–Crippen MR) is 94.0 cm³/mol. The Balaban J connectivity index is 1.86. The van der Waals surface area contributed by atoms with Gasteiger partial charge in [-0.15, -0.1) is 0 Å². The van der Waals surface area contributed by atoms with Crippen LogP contribution in [0.15, 0.2) is 29.2 Å². The van der Waals surface area contributed by atoms with Crippen molar-refractivity contribution in [2.75, 3.05) is 26.2 Å². The Labute approximate surface area is 144 Å². The average Bonchev–Trinajstić information content (AvgIpc) is 2.54. The second-order valence-electron chi connectivity index (χ2n) is 6.73. The first kappa shape index (κ1) is 18.9. The number of nitrogens with zero attached hydrogens (tertiary/aromatic N) is 1. The van der Waals surface area contributed by atoms with Crippen molar-refractivity contribution in [3.8, 4) is 0 Å². The summed E-state index contributed by atoms with van der Waals surface area (Å²) in [6.45, 7) is 7.53. The third-order valence-electron chi connectivity index (χ3n) is 4.72. The predicted octanol–water partition coefficient (Wildman–Crippen LogP) is 1.11. The van der Waals surface area contributed by atoms with Crippen molar-refractivity contribution >= 4 is 15.9 Å². The number of amides is 1. The number of benzene rings is 1. The largest absolute Gasteiger partial charge is 0.355 e. The van der Waals surface area contributed by atoms with Crippen molar-refractivity contribution in [1.82, 2.24) is 10.2 Å². The summed E-state index contributed by atoms with van der Waals surface area (Å²) < 4.78 is 22.5. The maximum atomic E-state index is 12.5. The lowest BCUT2D eigenvalue weighted by Crippen LogP contribution is -2.50. The molecule has 1 heterocycles. The lowest BCUT2D eigenvalue weighted by atomic mass is 9.81. The molecule has 24 heavy (non-hydrogen) atoms. The van der Waals surface area contributed by atoms with Crippen LogP contribution < -0.4 is 10.5 Å². The highest BCUT2D eigenvalue weighted by Gasteiger charge is 2.36. The Morgan fingerprint density at radius 1 is 1.33 bits per heavy atom. The SMILES string of the molecule is CCN1CCC[C@@](C)(C(=O)NCCc2ccc(S(N)(=O)=O)cc2)C1. The smallest absolute Gasteiger partial charge is 0.238 e. The van der Waals surface area contributed by atoms with Gasteiger partial charge in [-0.2, -0.15) is 0 Å². The van der Waals surface area contributed by atoms with Crippen LogP contribution in [0.5, 0.6) is 0 Å². The summed E-state index contributed by atoms with van der Waals surface area (Å²) in [4.78, 5) is 14.9. The van der Waals surface area contributed by atoms with Crippen LogP contribution in [0.2, 0.25) is 0 Å². The lowest BCUT2D eigenvalue weighted by Gasteiger charge is -2.38. The van der Waals surface area contributed by atoms with E-state index < -0.39 is 10.0 Å². The van der Waals surface area contributed by atoms with Crippen LogP contribution in [-0.2, 0) is 21.2 Å². The summed E-state index contributed by atoms with van der Waals surface area (Å²) in [5.41, 5.74) is 0.637. The van der Waals surface area contributed by atoms with E-state index >= 15 is 0 Å². The minimum atomic E-state index is -3.66. The number of hydrogen-bond acceptors (Lipinski definition) is 4. The highest BCUT2D eigenvalue weighted by molar-refractivity contribution is 7.89. The van der Waals surface area contributed by atoms with Crippen LogP contribution in [0.3, 0.4) is 0 Å². The molecular formula is C17H27N3O3S. The second-order valence-corrected chi connectivity index (χ2v) is 8.29. The zero-order chi connectivity index (χ0) is 17.8. The van der Waals surface area contributed by atoms with E-state index in [4.69, 9.17) is 5.14 Å². The fourth-order valence-electron chi connectivity index (χ4n) is 3.18. The molecule has 1 amide bonds. The van der Waals surface area contributed by atoms with Gasteiger partial charge in [-0.25, -0.2) is 13.6 Å². The van der Waals surface area contributed by atoms with Gasteiger partial charge in [-0.1, -0.05) is 19.1 Å². The van der Waals surface area contributed by atoms with Crippen LogP contribution in [0.25, 0.3) is 0 Å². The highest BCUT2D eigenvalue weighted by atomic mass is 32.2. The minimum Gasteiger partial charge on any atom is -0.355 e. The summed E-state index contributed by atoms with van der Waals surface area (Å²) in [7, 11) is -3.66. The first-order valence-corrected chi connectivity index (χ1v) is 9.91. The quantitative estimate of drug-likeness (QED) is 0.801. The number of nitrogens with two attached hydrogens (primary N) is 1. The molecule has 0 radical (unpaired) electrons. The zero-order valence-electron chi connectivity index (χ0n) is 14.4. The van der Waals surface area contributed by atoms with Gasteiger partial charge >= 0.3 is 0 Å². The number of rotatable bonds is 6. The summed E-state index contributed by atoms with van der Waals surface area (Å²) in [6, 6.07) is 6.45. The van der Waals surface area contributed by atoms with Crippen molar-refractivity contribution in [2.24, 2.45) is 10.6 Å². The summed E-state index contributed by atoms with van der Waals surface area (Å²) in [6.07, 6.45) is 2.62. The maximum Gasteiger partial charge on any atom is 0.238 e. The molecule has 6 nitrogen and oxygen atoms in total. The molecular weight excluding hydrogens is 326 g/mol. The van der Waals surface area contributed by atoms with Gasteiger partial charge < -0.3 is 10.2 Å². The molecule has 1 aliphatic heterocycles. The molecule has 1 aliphatic rings. The second kappa shape index (κ2) is 7.63. The normalized spacial score (nSPS) is 22.3. The monoisotopic (exact) mass is 353 g/mol. The van der Waals surface area contributed by atoms with Crippen LogP contribution >= 0.6 is 0 Å². The minimum absolute atomic E-state index is 0.0989. The Morgan fingerprint density at radius 2 is 2.00 bits per heavy atom. The molecule has 0 unspecified atom stereocenters. The van der Waals surface area contributed by atoms with Crippen molar-refractivity contribution in [3.63, 3.8) is 0 Å². The number of carbonyl (C=O) groups is 1. The molecule has 1 atom stereocenters. The molecule has 0 saturated carbocycles. The molecule has 134 valence electrons. The van der Waals surface area contributed by atoms with E-state index in [0.717, 1.165) is 38.0 Å². The number of nitrogens with one attached hydrogen (secondary N) is 1. The maximum absolute atomic E-state index is 12.5. The van der Waals surface area contributed by atoms with E-state index in [1.807, 2.05) is 6.92 Å². The van der Waals surface area contributed by atoms with E-state index in [1.165, 1.54) is 12.1 Å². The molecule has 0 aromatic heterocycles.